The summed E-state index contributed by atoms with van der Waals surface area (Å²) in [5, 5.41) is 0. The molecule has 0 aliphatic carbocycles. The van der Waals surface area contributed by atoms with Crippen LogP contribution in [0.2, 0.25) is 0 Å². The highest BCUT2D eigenvalue weighted by Crippen LogP contribution is 2.43. The minimum atomic E-state index is -2.14. The SMILES string of the molecule is Cc1cc(Br)ccc1C(I)(I)S(=O)[O-]. The molecule has 1 aromatic rings. The zero-order chi connectivity index (χ0) is 10.9. The number of rotatable bonds is 2. The Hall–Kier alpha value is 1.27. The summed E-state index contributed by atoms with van der Waals surface area (Å²) < 4.78 is 22.1. The van der Waals surface area contributed by atoms with Gasteiger partial charge in [-0.15, -0.1) is 0 Å². The Morgan fingerprint density at radius 3 is 2.50 bits per heavy atom. The van der Waals surface area contributed by atoms with Gasteiger partial charge in [0.1, 0.15) is 0 Å². The summed E-state index contributed by atoms with van der Waals surface area (Å²) in [5.41, 5.74) is 1.78. The van der Waals surface area contributed by atoms with Crippen LogP contribution in [0.15, 0.2) is 22.7 Å². The molecule has 1 unspecified atom stereocenters. The lowest BCUT2D eigenvalue weighted by molar-refractivity contribution is 0.535. The summed E-state index contributed by atoms with van der Waals surface area (Å²) in [6, 6.07) is 5.59. The molecule has 1 atom stereocenters. The van der Waals surface area contributed by atoms with Crippen molar-refractivity contribution in [3.05, 3.63) is 33.8 Å². The van der Waals surface area contributed by atoms with Crippen LogP contribution in [0.25, 0.3) is 0 Å². The van der Waals surface area contributed by atoms with Gasteiger partial charge in [-0.2, -0.15) is 0 Å². The molecule has 0 heterocycles. The molecule has 0 saturated heterocycles. The standard InChI is InChI=1S/C8H7BrI2O2S/c1-5-4-6(9)2-3-7(5)8(10,11)14(12)13/h2-4H,1H3,(H,12,13)/p-1. The van der Waals surface area contributed by atoms with Gasteiger partial charge in [0, 0.05) is 4.47 Å². The first kappa shape index (κ1) is 13.3. The number of hydrogen-bond acceptors (Lipinski definition) is 2. The van der Waals surface area contributed by atoms with Gasteiger partial charge in [0.2, 0.25) is 0 Å². The van der Waals surface area contributed by atoms with Crippen LogP contribution in [0.4, 0.5) is 0 Å². The maximum absolute atomic E-state index is 11.0. The van der Waals surface area contributed by atoms with E-state index in [4.69, 9.17) is 0 Å². The quantitative estimate of drug-likeness (QED) is 0.354. The van der Waals surface area contributed by atoms with Gasteiger partial charge in [-0.05, 0) is 86.4 Å². The maximum Gasteiger partial charge on any atom is 0.159 e. The van der Waals surface area contributed by atoms with Gasteiger partial charge in [-0.25, -0.2) is 0 Å². The van der Waals surface area contributed by atoms with Crippen molar-refractivity contribution in [2.75, 3.05) is 0 Å². The van der Waals surface area contributed by atoms with E-state index < -0.39 is 11.8 Å². The van der Waals surface area contributed by atoms with Crippen molar-refractivity contribution in [3.63, 3.8) is 0 Å². The summed E-state index contributed by atoms with van der Waals surface area (Å²) in [6.07, 6.45) is 0. The minimum Gasteiger partial charge on any atom is -0.770 e. The molecule has 0 amide bonds. The average Bonchev–Trinajstić information content (AvgIpc) is 2.02. The molecule has 0 fully saturated rings. The topological polar surface area (TPSA) is 40.1 Å². The number of aryl methyl sites for hydroxylation is 1. The van der Waals surface area contributed by atoms with Gasteiger partial charge in [0.15, 0.2) is 0.760 Å². The molecule has 2 nitrogen and oxygen atoms in total. The van der Waals surface area contributed by atoms with Gasteiger partial charge < -0.3 is 4.55 Å². The van der Waals surface area contributed by atoms with Crippen LogP contribution in [0.1, 0.15) is 11.1 Å². The smallest absolute Gasteiger partial charge is 0.159 e. The molecule has 0 radical (unpaired) electrons. The summed E-state index contributed by atoms with van der Waals surface area (Å²) in [7, 11) is 0. The highest BCUT2D eigenvalue weighted by molar-refractivity contribution is 14.2. The second-order valence-electron chi connectivity index (χ2n) is 2.71. The van der Waals surface area contributed by atoms with Gasteiger partial charge in [-0.1, -0.05) is 22.0 Å². The van der Waals surface area contributed by atoms with E-state index in [2.05, 4.69) is 15.9 Å². The lowest BCUT2D eigenvalue weighted by atomic mass is 10.1. The largest absolute Gasteiger partial charge is 0.770 e. The van der Waals surface area contributed by atoms with Crippen LogP contribution < -0.4 is 0 Å². The molecule has 0 saturated carbocycles. The van der Waals surface area contributed by atoms with Crippen LogP contribution >= 0.6 is 61.1 Å². The van der Waals surface area contributed by atoms with Crippen LogP contribution in [-0.2, 0) is 11.8 Å². The number of benzene rings is 1. The zero-order valence-corrected chi connectivity index (χ0v) is 13.8. The Morgan fingerprint density at radius 1 is 1.50 bits per heavy atom. The van der Waals surface area contributed by atoms with E-state index in [0.717, 1.165) is 15.6 Å². The molecule has 0 aliphatic heterocycles. The Balaban J connectivity index is 3.26. The Labute approximate surface area is 121 Å². The number of hydrogen-bond donors (Lipinski definition) is 0. The maximum atomic E-state index is 11.0. The molecule has 0 spiro atoms. The number of alkyl halides is 2. The van der Waals surface area contributed by atoms with Crippen molar-refractivity contribution in [1.82, 2.24) is 0 Å². The van der Waals surface area contributed by atoms with E-state index in [0.29, 0.717) is 0 Å². The first-order valence-electron chi connectivity index (χ1n) is 3.59. The Kier molecular flexibility index (Phi) is 4.83. The highest BCUT2D eigenvalue weighted by Gasteiger charge is 2.27. The third kappa shape index (κ3) is 2.89. The fourth-order valence-corrected chi connectivity index (χ4v) is 3.14. The van der Waals surface area contributed by atoms with Crippen LogP contribution in [0.3, 0.4) is 0 Å². The first-order chi connectivity index (χ1) is 6.35. The van der Waals surface area contributed by atoms with Crippen molar-refractivity contribution < 1.29 is 8.76 Å². The van der Waals surface area contributed by atoms with E-state index >= 15 is 0 Å². The van der Waals surface area contributed by atoms with Gasteiger partial charge in [0.05, 0.1) is 0 Å². The fourth-order valence-electron chi connectivity index (χ4n) is 1.04. The predicted octanol–water partition coefficient (Wildman–Crippen LogP) is 3.62. The van der Waals surface area contributed by atoms with E-state index in [-0.39, 0.29) is 0 Å². The molecule has 0 aromatic heterocycles. The Morgan fingerprint density at radius 2 is 2.07 bits per heavy atom. The third-order valence-electron chi connectivity index (χ3n) is 1.71. The lowest BCUT2D eigenvalue weighted by Gasteiger charge is -2.25. The van der Waals surface area contributed by atoms with Gasteiger partial charge in [0.25, 0.3) is 0 Å². The highest BCUT2D eigenvalue weighted by atomic mass is 127. The molecular formula is C8H6BrI2O2S-. The second kappa shape index (κ2) is 5.07. The predicted molar refractivity (Wildman–Crippen MR) is 77.5 cm³/mol. The van der Waals surface area contributed by atoms with Crippen molar-refractivity contribution in [3.8, 4) is 0 Å². The van der Waals surface area contributed by atoms with Gasteiger partial charge >= 0.3 is 0 Å². The van der Waals surface area contributed by atoms with Crippen molar-refractivity contribution in [2.45, 2.75) is 7.68 Å². The molecule has 1 aromatic carbocycles. The zero-order valence-electron chi connectivity index (χ0n) is 7.09. The van der Waals surface area contributed by atoms with E-state index in [9.17, 15) is 8.76 Å². The third-order valence-corrected chi connectivity index (χ3v) is 6.16. The molecule has 0 bridgehead atoms. The van der Waals surface area contributed by atoms with Crippen LogP contribution in [0.5, 0.6) is 0 Å². The molecule has 6 heteroatoms. The van der Waals surface area contributed by atoms with E-state index in [1.54, 1.807) is 0 Å². The van der Waals surface area contributed by atoms with Crippen LogP contribution in [-0.4, -0.2) is 8.76 Å². The molecule has 1 rings (SSSR count). The van der Waals surface area contributed by atoms with E-state index in [1.807, 2.05) is 70.3 Å². The summed E-state index contributed by atoms with van der Waals surface area (Å²) in [6.45, 7) is 1.90. The Bertz CT molecular complexity index is 382. The fraction of sp³-hybridized carbons (Fsp3) is 0.250. The molecule has 78 valence electrons. The molecular weight excluding hydrogens is 494 g/mol. The van der Waals surface area contributed by atoms with E-state index in [1.165, 1.54) is 0 Å². The molecule has 0 N–H and O–H groups in total. The minimum absolute atomic E-state index is 0.815. The molecule has 14 heavy (non-hydrogen) atoms. The summed E-state index contributed by atoms with van der Waals surface area (Å²) in [4.78, 5) is 0. The first-order valence-corrected chi connectivity index (χ1v) is 7.62. The second-order valence-corrected chi connectivity index (χ2v) is 11.5. The molecule has 0 aliphatic rings. The monoisotopic (exact) mass is 499 g/mol. The number of halogens is 3. The normalized spacial score (nSPS) is 14.1. The van der Waals surface area contributed by atoms with Crippen LogP contribution in [0, 0.1) is 6.92 Å². The summed E-state index contributed by atoms with van der Waals surface area (Å²) >= 11 is 5.06. The summed E-state index contributed by atoms with van der Waals surface area (Å²) in [5.74, 6) is 0. The van der Waals surface area contributed by atoms with Gasteiger partial charge in [-0.3, -0.25) is 4.21 Å². The van der Waals surface area contributed by atoms with Crippen molar-refractivity contribution >= 4 is 72.2 Å². The van der Waals surface area contributed by atoms with Crippen molar-refractivity contribution in [2.24, 2.45) is 0 Å². The average molecular weight is 500 g/mol. The lowest BCUT2D eigenvalue weighted by Crippen LogP contribution is -2.16. The van der Waals surface area contributed by atoms with Crippen molar-refractivity contribution in [1.29, 1.82) is 0 Å².